The molecule has 0 aliphatic carbocycles. The molecule has 20 heavy (non-hydrogen) atoms. The Morgan fingerprint density at radius 3 is 2.45 bits per heavy atom. The van der Waals surface area contributed by atoms with Gasteiger partial charge < -0.3 is 10.0 Å². The van der Waals surface area contributed by atoms with Gasteiger partial charge in [-0.3, -0.25) is 9.59 Å². The first-order chi connectivity index (χ1) is 9.27. The highest BCUT2D eigenvalue weighted by atomic mass is 32.2. The van der Waals surface area contributed by atoms with Crippen molar-refractivity contribution in [3.05, 3.63) is 17.1 Å². The van der Waals surface area contributed by atoms with Gasteiger partial charge in [0.1, 0.15) is 10.9 Å². The minimum Gasteiger partial charge on any atom is -0.481 e. The van der Waals surface area contributed by atoms with Crippen LogP contribution in [0, 0.1) is 19.8 Å². The summed E-state index contributed by atoms with van der Waals surface area (Å²) >= 11 is 1.38. The number of carboxylic acids is 1. The van der Waals surface area contributed by atoms with Crippen LogP contribution in [0.3, 0.4) is 0 Å². The van der Waals surface area contributed by atoms with Gasteiger partial charge in [0.15, 0.2) is 0 Å². The monoisotopic (exact) mass is 297 g/mol. The Kier molecular flexibility index (Phi) is 5.50. The van der Waals surface area contributed by atoms with E-state index in [0.29, 0.717) is 22.1 Å². The van der Waals surface area contributed by atoms with Crippen molar-refractivity contribution >= 4 is 23.6 Å². The van der Waals surface area contributed by atoms with Crippen molar-refractivity contribution < 1.29 is 14.7 Å². The molecule has 6 nitrogen and oxygen atoms in total. The maximum Gasteiger partial charge on any atom is 0.308 e. The van der Waals surface area contributed by atoms with Crippen molar-refractivity contribution in [1.82, 2.24) is 14.9 Å². The molecule has 1 unspecified atom stereocenters. The number of hydrogen-bond donors (Lipinski definition) is 1. The third kappa shape index (κ3) is 3.69. The number of aliphatic carboxylic acids is 1. The summed E-state index contributed by atoms with van der Waals surface area (Å²) in [6.07, 6.45) is 1.85. The van der Waals surface area contributed by atoms with E-state index in [1.165, 1.54) is 16.7 Å². The maximum absolute atomic E-state index is 12.5. The van der Waals surface area contributed by atoms with E-state index in [1.54, 1.807) is 27.8 Å². The fraction of sp³-hybridized carbons (Fsp3) is 0.538. The van der Waals surface area contributed by atoms with Crippen molar-refractivity contribution in [2.24, 2.45) is 5.92 Å². The van der Waals surface area contributed by atoms with Crippen LogP contribution in [0.1, 0.15) is 28.8 Å². The molecular weight excluding hydrogens is 278 g/mol. The van der Waals surface area contributed by atoms with E-state index in [2.05, 4.69) is 9.97 Å². The second-order valence-corrected chi connectivity index (χ2v) is 5.46. The summed E-state index contributed by atoms with van der Waals surface area (Å²) in [7, 11) is 1.59. The quantitative estimate of drug-likeness (QED) is 0.656. The van der Waals surface area contributed by atoms with Crippen LogP contribution in [0.4, 0.5) is 0 Å². The molecule has 1 atom stereocenters. The molecule has 0 saturated carbocycles. The van der Waals surface area contributed by atoms with Crippen molar-refractivity contribution in [2.75, 3.05) is 19.8 Å². The molecule has 0 aliphatic heterocycles. The van der Waals surface area contributed by atoms with E-state index in [0.717, 1.165) is 0 Å². The molecule has 1 aromatic heterocycles. The highest BCUT2D eigenvalue weighted by Gasteiger charge is 2.23. The van der Waals surface area contributed by atoms with Crippen LogP contribution >= 0.6 is 11.8 Å². The Morgan fingerprint density at radius 2 is 1.95 bits per heavy atom. The first-order valence-electron chi connectivity index (χ1n) is 6.15. The fourth-order valence-corrected chi connectivity index (χ4v) is 2.50. The lowest BCUT2D eigenvalue weighted by Crippen LogP contribution is -2.34. The second-order valence-electron chi connectivity index (χ2n) is 4.67. The van der Waals surface area contributed by atoms with Gasteiger partial charge in [-0.15, -0.1) is 11.8 Å². The summed E-state index contributed by atoms with van der Waals surface area (Å²) in [5.74, 6) is -1.18. The summed E-state index contributed by atoms with van der Waals surface area (Å²) in [6, 6.07) is 0. The van der Waals surface area contributed by atoms with Crippen LogP contribution in [0.25, 0.3) is 0 Å². The molecule has 0 radical (unpaired) electrons. The van der Waals surface area contributed by atoms with E-state index < -0.39 is 11.9 Å². The zero-order chi connectivity index (χ0) is 15.4. The lowest BCUT2D eigenvalue weighted by Gasteiger charge is -2.21. The first kappa shape index (κ1) is 16.4. The SMILES string of the molecule is CSc1nc(C)nc(C)c1C(=O)N(C)CC(C)C(=O)O. The summed E-state index contributed by atoms with van der Waals surface area (Å²) < 4.78 is 0. The fourth-order valence-electron chi connectivity index (χ4n) is 1.84. The number of aromatic nitrogens is 2. The molecule has 1 rings (SSSR count). The lowest BCUT2D eigenvalue weighted by atomic mass is 10.1. The predicted octanol–water partition coefficient (Wildman–Crippen LogP) is 1.61. The zero-order valence-corrected chi connectivity index (χ0v) is 13.1. The normalized spacial score (nSPS) is 12.1. The minimum absolute atomic E-state index is 0.148. The van der Waals surface area contributed by atoms with Crippen molar-refractivity contribution in [3.8, 4) is 0 Å². The average Bonchev–Trinajstić information content (AvgIpc) is 2.36. The Balaban J connectivity index is 3.05. The highest BCUT2D eigenvalue weighted by molar-refractivity contribution is 7.98. The van der Waals surface area contributed by atoms with Crippen LogP contribution in [0.2, 0.25) is 0 Å². The van der Waals surface area contributed by atoms with Crippen LogP contribution in [0.15, 0.2) is 5.03 Å². The van der Waals surface area contributed by atoms with Gasteiger partial charge in [0.25, 0.3) is 5.91 Å². The molecule has 1 amide bonds. The van der Waals surface area contributed by atoms with E-state index >= 15 is 0 Å². The van der Waals surface area contributed by atoms with Gasteiger partial charge in [-0.1, -0.05) is 6.92 Å². The Hall–Kier alpha value is -1.63. The molecule has 0 aromatic carbocycles. The highest BCUT2D eigenvalue weighted by Crippen LogP contribution is 2.22. The average molecular weight is 297 g/mol. The van der Waals surface area contributed by atoms with Gasteiger partial charge in [0.2, 0.25) is 0 Å². The van der Waals surface area contributed by atoms with E-state index in [4.69, 9.17) is 5.11 Å². The van der Waals surface area contributed by atoms with E-state index in [-0.39, 0.29) is 12.5 Å². The van der Waals surface area contributed by atoms with Gasteiger partial charge in [-0.25, -0.2) is 9.97 Å². The molecule has 1 N–H and O–H groups in total. The number of hydrogen-bond acceptors (Lipinski definition) is 5. The standard InChI is InChI=1S/C13H19N3O3S/c1-7(13(18)19)6-16(4)12(17)10-8(2)14-9(3)15-11(10)20-5/h7H,6H2,1-5H3,(H,18,19). The lowest BCUT2D eigenvalue weighted by molar-refractivity contribution is -0.141. The predicted molar refractivity (Wildman–Crippen MR) is 77.0 cm³/mol. The van der Waals surface area contributed by atoms with Crippen molar-refractivity contribution in [3.63, 3.8) is 0 Å². The van der Waals surface area contributed by atoms with E-state index in [1.807, 2.05) is 6.26 Å². The molecule has 0 bridgehead atoms. The minimum atomic E-state index is -0.924. The summed E-state index contributed by atoms with van der Waals surface area (Å²) in [4.78, 5) is 33.2. The number of carbonyl (C=O) groups excluding carboxylic acids is 1. The molecule has 0 saturated heterocycles. The van der Waals surface area contributed by atoms with Crippen LogP contribution < -0.4 is 0 Å². The topological polar surface area (TPSA) is 83.4 Å². The number of aryl methyl sites for hydroxylation is 2. The number of rotatable bonds is 5. The molecule has 0 spiro atoms. The summed E-state index contributed by atoms with van der Waals surface area (Å²) in [6.45, 7) is 5.25. The van der Waals surface area contributed by atoms with Gasteiger partial charge in [-0.05, 0) is 20.1 Å². The molecule has 110 valence electrons. The van der Waals surface area contributed by atoms with Gasteiger partial charge in [0.05, 0.1) is 17.2 Å². The van der Waals surface area contributed by atoms with Gasteiger partial charge in [-0.2, -0.15) is 0 Å². The van der Waals surface area contributed by atoms with Gasteiger partial charge in [0, 0.05) is 13.6 Å². The van der Waals surface area contributed by atoms with Gasteiger partial charge >= 0.3 is 5.97 Å². The smallest absolute Gasteiger partial charge is 0.308 e. The molecule has 1 aromatic rings. The Morgan fingerprint density at radius 1 is 1.35 bits per heavy atom. The largest absolute Gasteiger partial charge is 0.481 e. The first-order valence-corrected chi connectivity index (χ1v) is 7.37. The molecule has 1 heterocycles. The third-order valence-electron chi connectivity index (χ3n) is 2.89. The van der Waals surface area contributed by atoms with Crippen LogP contribution in [-0.2, 0) is 4.79 Å². The Labute approximate surface area is 122 Å². The second kappa shape index (κ2) is 6.69. The maximum atomic E-state index is 12.5. The summed E-state index contributed by atoms with van der Waals surface area (Å²) in [5, 5.41) is 9.53. The molecule has 0 aliphatic rings. The number of carbonyl (C=O) groups is 2. The number of nitrogens with zero attached hydrogens (tertiary/aromatic N) is 3. The summed E-state index contributed by atoms with van der Waals surface area (Å²) in [5.41, 5.74) is 1.06. The van der Waals surface area contributed by atoms with Crippen molar-refractivity contribution in [2.45, 2.75) is 25.8 Å². The molecular formula is C13H19N3O3S. The number of thioether (sulfide) groups is 1. The van der Waals surface area contributed by atoms with Crippen molar-refractivity contribution in [1.29, 1.82) is 0 Å². The third-order valence-corrected chi connectivity index (χ3v) is 3.57. The molecule has 0 fully saturated rings. The van der Waals surface area contributed by atoms with Crippen LogP contribution in [-0.4, -0.2) is 51.7 Å². The zero-order valence-electron chi connectivity index (χ0n) is 12.3. The number of carboxylic acid groups (broad SMARTS) is 1. The molecule has 7 heteroatoms. The number of amides is 1. The van der Waals surface area contributed by atoms with Crippen LogP contribution in [0.5, 0.6) is 0 Å². The Bertz CT molecular complexity index is 534. The van der Waals surface area contributed by atoms with E-state index in [9.17, 15) is 9.59 Å².